The van der Waals surface area contributed by atoms with E-state index in [0.29, 0.717) is 0 Å². The molecule has 0 spiro atoms. The number of hydrogen-bond acceptors (Lipinski definition) is 1. The van der Waals surface area contributed by atoms with Gasteiger partial charge >= 0.3 is 0 Å². The summed E-state index contributed by atoms with van der Waals surface area (Å²) in [6, 6.07) is 9.60. The van der Waals surface area contributed by atoms with Crippen molar-refractivity contribution in [2.45, 2.75) is 45.2 Å². The number of fused-ring (bicyclic) bond motifs is 1. The monoisotopic (exact) mass is 242 g/mol. The van der Waals surface area contributed by atoms with E-state index in [1.807, 2.05) is 0 Å². The quantitative estimate of drug-likeness (QED) is 0.769. The third kappa shape index (κ3) is 2.44. The molecule has 3 rings (SSSR count). The summed E-state index contributed by atoms with van der Waals surface area (Å²) in [6.45, 7) is 4.43. The van der Waals surface area contributed by atoms with Crippen molar-refractivity contribution in [3.8, 4) is 0 Å². The molecule has 1 aliphatic carbocycles. The number of rotatable bonds is 6. The first-order valence-corrected chi connectivity index (χ1v) is 7.18. The molecule has 1 aliphatic rings. The highest BCUT2D eigenvalue weighted by Crippen LogP contribution is 2.23. The average molecular weight is 242 g/mol. The zero-order valence-corrected chi connectivity index (χ0v) is 11.2. The van der Waals surface area contributed by atoms with Crippen molar-refractivity contribution in [3.63, 3.8) is 0 Å². The third-order valence-corrected chi connectivity index (χ3v) is 3.85. The average Bonchev–Trinajstić information content (AvgIpc) is 3.16. The van der Waals surface area contributed by atoms with Crippen LogP contribution in [0.15, 0.2) is 30.5 Å². The molecule has 96 valence electrons. The molecule has 0 bridgehead atoms. The summed E-state index contributed by atoms with van der Waals surface area (Å²) in [5.41, 5.74) is 2.88. The van der Waals surface area contributed by atoms with E-state index in [0.717, 1.165) is 19.1 Å². The lowest BCUT2D eigenvalue weighted by Gasteiger charge is -2.01. The molecule has 2 nitrogen and oxygen atoms in total. The zero-order chi connectivity index (χ0) is 12.4. The summed E-state index contributed by atoms with van der Waals surface area (Å²) in [5.74, 6) is 0. The Morgan fingerprint density at radius 1 is 1.28 bits per heavy atom. The molecule has 2 heteroatoms. The van der Waals surface area contributed by atoms with Crippen molar-refractivity contribution in [3.05, 3.63) is 36.0 Å². The third-order valence-electron chi connectivity index (χ3n) is 3.85. The summed E-state index contributed by atoms with van der Waals surface area (Å²) >= 11 is 0. The number of nitrogens with one attached hydrogen (secondary N) is 1. The van der Waals surface area contributed by atoms with E-state index in [1.165, 1.54) is 42.1 Å². The molecule has 0 atom stereocenters. The van der Waals surface area contributed by atoms with Crippen molar-refractivity contribution >= 4 is 10.9 Å². The molecule has 1 aromatic carbocycles. The van der Waals surface area contributed by atoms with Crippen LogP contribution in [0.2, 0.25) is 0 Å². The van der Waals surface area contributed by atoms with Crippen molar-refractivity contribution in [1.82, 2.24) is 9.88 Å². The van der Waals surface area contributed by atoms with Crippen LogP contribution < -0.4 is 5.32 Å². The first-order chi connectivity index (χ1) is 8.88. The molecular weight excluding hydrogens is 220 g/mol. The molecule has 0 aliphatic heterocycles. The Morgan fingerprint density at radius 2 is 2.11 bits per heavy atom. The first-order valence-electron chi connectivity index (χ1n) is 7.18. The summed E-state index contributed by atoms with van der Waals surface area (Å²) < 4.78 is 2.36. The fourth-order valence-electron chi connectivity index (χ4n) is 2.66. The maximum absolute atomic E-state index is 3.59. The molecule has 0 amide bonds. The summed E-state index contributed by atoms with van der Waals surface area (Å²) in [7, 11) is 0. The first kappa shape index (κ1) is 11.8. The van der Waals surface area contributed by atoms with Crippen LogP contribution >= 0.6 is 0 Å². The van der Waals surface area contributed by atoms with E-state index in [1.54, 1.807) is 0 Å². The minimum absolute atomic E-state index is 0.835. The molecule has 1 heterocycles. The van der Waals surface area contributed by atoms with E-state index >= 15 is 0 Å². The van der Waals surface area contributed by atoms with Crippen LogP contribution in [-0.4, -0.2) is 17.2 Å². The van der Waals surface area contributed by atoms with Crippen molar-refractivity contribution in [2.75, 3.05) is 6.54 Å². The summed E-state index contributed by atoms with van der Waals surface area (Å²) in [6.07, 6.45) is 7.54. The van der Waals surface area contributed by atoms with Gasteiger partial charge in [0, 0.05) is 29.7 Å². The van der Waals surface area contributed by atoms with Crippen molar-refractivity contribution in [1.29, 1.82) is 0 Å². The molecule has 1 fully saturated rings. The predicted molar refractivity (Wildman–Crippen MR) is 77.0 cm³/mol. The van der Waals surface area contributed by atoms with Gasteiger partial charge < -0.3 is 9.88 Å². The fraction of sp³-hybridized carbons (Fsp3) is 0.500. The van der Waals surface area contributed by atoms with Gasteiger partial charge in [0.05, 0.1) is 0 Å². The summed E-state index contributed by atoms with van der Waals surface area (Å²) in [4.78, 5) is 0. The van der Waals surface area contributed by atoms with Crippen molar-refractivity contribution < 1.29 is 0 Å². The molecule has 0 saturated heterocycles. The second-order valence-corrected chi connectivity index (χ2v) is 5.29. The number of nitrogens with zero attached hydrogens (tertiary/aromatic N) is 1. The lowest BCUT2D eigenvalue weighted by atomic mass is 10.1. The minimum atomic E-state index is 0.835. The topological polar surface area (TPSA) is 17.0 Å². The van der Waals surface area contributed by atoms with Gasteiger partial charge in [-0.3, -0.25) is 0 Å². The highest BCUT2D eigenvalue weighted by Gasteiger charge is 2.19. The van der Waals surface area contributed by atoms with Crippen LogP contribution in [0.4, 0.5) is 0 Å². The molecular formula is C16H22N2. The largest absolute Gasteiger partial charge is 0.347 e. The van der Waals surface area contributed by atoms with E-state index < -0.39 is 0 Å². The Kier molecular flexibility index (Phi) is 3.37. The Balaban J connectivity index is 1.69. The molecule has 1 saturated carbocycles. The Labute approximate surface area is 109 Å². The lowest BCUT2D eigenvalue weighted by Crippen LogP contribution is -2.17. The van der Waals surface area contributed by atoms with Gasteiger partial charge in [-0.25, -0.2) is 0 Å². The maximum atomic E-state index is 3.59. The van der Waals surface area contributed by atoms with E-state index in [-0.39, 0.29) is 0 Å². The lowest BCUT2D eigenvalue weighted by molar-refractivity contribution is 0.645. The normalized spacial score (nSPS) is 15.4. The van der Waals surface area contributed by atoms with Crippen LogP contribution in [0, 0.1) is 0 Å². The van der Waals surface area contributed by atoms with E-state index in [2.05, 4.69) is 47.3 Å². The Bertz CT molecular complexity index is 523. The predicted octanol–water partition coefficient (Wildman–Crippen LogP) is 3.35. The maximum Gasteiger partial charge on any atom is 0.0483 e. The van der Waals surface area contributed by atoms with Gasteiger partial charge in [0.1, 0.15) is 0 Å². The SMILES string of the molecule is CCn1cc(CCCNC2CC2)c2ccccc21. The van der Waals surface area contributed by atoms with E-state index in [9.17, 15) is 0 Å². The number of aromatic nitrogens is 1. The van der Waals surface area contributed by atoms with Crippen LogP contribution in [0.3, 0.4) is 0 Å². The van der Waals surface area contributed by atoms with E-state index in [4.69, 9.17) is 0 Å². The number of benzene rings is 1. The fourth-order valence-corrected chi connectivity index (χ4v) is 2.66. The van der Waals surface area contributed by atoms with Crippen LogP contribution in [-0.2, 0) is 13.0 Å². The van der Waals surface area contributed by atoms with Gasteiger partial charge in [-0.15, -0.1) is 0 Å². The second-order valence-electron chi connectivity index (χ2n) is 5.29. The Hall–Kier alpha value is -1.28. The highest BCUT2D eigenvalue weighted by atomic mass is 15.0. The zero-order valence-electron chi connectivity index (χ0n) is 11.2. The molecule has 2 aromatic rings. The van der Waals surface area contributed by atoms with Crippen LogP contribution in [0.25, 0.3) is 10.9 Å². The standard InChI is InChI=1S/C16H22N2/c1-2-18-12-13(6-5-11-17-14-9-10-14)15-7-3-4-8-16(15)18/h3-4,7-8,12,14,17H,2,5-6,9-11H2,1H3. The number of hydrogen-bond donors (Lipinski definition) is 1. The van der Waals surface area contributed by atoms with Gasteiger partial charge in [-0.05, 0) is 50.8 Å². The highest BCUT2D eigenvalue weighted by molar-refractivity contribution is 5.83. The second kappa shape index (κ2) is 5.15. The Morgan fingerprint density at radius 3 is 2.89 bits per heavy atom. The number of para-hydroxylation sites is 1. The summed E-state index contributed by atoms with van der Waals surface area (Å²) in [5, 5.41) is 5.02. The molecule has 1 N–H and O–H groups in total. The van der Waals surface area contributed by atoms with Gasteiger partial charge in [0.15, 0.2) is 0 Å². The smallest absolute Gasteiger partial charge is 0.0483 e. The minimum Gasteiger partial charge on any atom is -0.347 e. The molecule has 18 heavy (non-hydrogen) atoms. The number of aryl methyl sites for hydroxylation is 2. The molecule has 1 aromatic heterocycles. The van der Waals surface area contributed by atoms with Crippen LogP contribution in [0.1, 0.15) is 31.7 Å². The van der Waals surface area contributed by atoms with Gasteiger partial charge in [0.25, 0.3) is 0 Å². The van der Waals surface area contributed by atoms with Gasteiger partial charge in [0.2, 0.25) is 0 Å². The van der Waals surface area contributed by atoms with Gasteiger partial charge in [-0.1, -0.05) is 18.2 Å². The van der Waals surface area contributed by atoms with Crippen LogP contribution in [0.5, 0.6) is 0 Å². The molecule has 0 radical (unpaired) electrons. The molecule has 0 unspecified atom stereocenters. The van der Waals surface area contributed by atoms with Crippen molar-refractivity contribution in [2.24, 2.45) is 0 Å². The van der Waals surface area contributed by atoms with Gasteiger partial charge in [-0.2, -0.15) is 0 Å².